The molecule has 0 spiro atoms. The lowest BCUT2D eigenvalue weighted by Gasteiger charge is -2.20. The third-order valence-corrected chi connectivity index (χ3v) is 1.72. The van der Waals surface area contributed by atoms with E-state index in [4.69, 9.17) is 5.11 Å². The molecule has 16 heavy (non-hydrogen) atoms. The van der Waals surface area contributed by atoms with E-state index >= 15 is 0 Å². The van der Waals surface area contributed by atoms with Crippen molar-refractivity contribution in [1.29, 1.82) is 0 Å². The number of nitrogens with one attached hydrogen (secondary N) is 2. The lowest BCUT2D eigenvalue weighted by atomic mass is 10.4. The van der Waals surface area contributed by atoms with Crippen LogP contribution in [0.5, 0.6) is 0 Å². The van der Waals surface area contributed by atoms with Crippen molar-refractivity contribution in [2.45, 2.75) is 6.43 Å². The van der Waals surface area contributed by atoms with E-state index in [1.54, 1.807) is 0 Å². The summed E-state index contributed by atoms with van der Waals surface area (Å²) in [5, 5.41) is 13.9. The number of aliphatic hydroxyl groups is 1. The van der Waals surface area contributed by atoms with E-state index in [1.807, 2.05) is 10.1 Å². The van der Waals surface area contributed by atoms with Crippen LogP contribution in [0.15, 0.2) is 9.59 Å². The van der Waals surface area contributed by atoms with Gasteiger partial charge in [-0.3, -0.25) is 9.78 Å². The number of halogens is 2. The zero-order valence-electron chi connectivity index (χ0n) is 8.11. The molecule has 9 heteroatoms. The fourth-order valence-corrected chi connectivity index (χ4v) is 1.13. The standard InChI is InChI=1S/C7H10F2N4O3/c8-4(9)3-13(1-2-14)5-6(15)10-7(16)12-11-5/h4,14H,1-3H2,(H2,10,12,15,16). The molecule has 0 aromatic carbocycles. The van der Waals surface area contributed by atoms with Gasteiger partial charge in [-0.05, 0) is 0 Å². The summed E-state index contributed by atoms with van der Waals surface area (Å²) in [6.07, 6.45) is -2.68. The zero-order chi connectivity index (χ0) is 12.1. The van der Waals surface area contributed by atoms with Crippen LogP contribution in [0.4, 0.5) is 14.6 Å². The second kappa shape index (κ2) is 5.35. The average molecular weight is 236 g/mol. The number of alkyl halides is 2. The summed E-state index contributed by atoms with van der Waals surface area (Å²) in [6, 6.07) is 0. The van der Waals surface area contributed by atoms with Gasteiger partial charge in [0, 0.05) is 6.54 Å². The first-order chi connectivity index (χ1) is 7.54. The molecule has 1 rings (SSSR count). The van der Waals surface area contributed by atoms with E-state index < -0.39 is 30.8 Å². The van der Waals surface area contributed by atoms with Crippen LogP contribution in [0.1, 0.15) is 0 Å². The van der Waals surface area contributed by atoms with Crippen LogP contribution in [0.25, 0.3) is 0 Å². The van der Waals surface area contributed by atoms with Gasteiger partial charge in [-0.25, -0.2) is 18.7 Å². The summed E-state index contributed by atoms with van der Waals surface area (Å²) in [5.74, 6) is -0.353. The van der Waals surface area contributed by atoms with Crippen LogP contribution in [-0.4, -0.2) is 46.4 Å². The lowest BCUT2D eigenvalue weighted by Crippen LogP contribution is -2.39. The molecule has 0 amide bonds. The third-order valence-electron chi connectivity index (χ3n) is 1.72. The quantitative estimate of drug-likeness (QED) is 0.578. The Morgan fingerprint density at radius 1 is 1.44 bits per heavy atom. The summed E-state index contributed by atoms with van der Waals surface area (Å²) in [6.45, 7) is -1.33. The lowest BCUT2D eigenvalue weighted by molar-refractivity contribution is 0.152. The first kappa shape index (κ1) is 12.3. The van der Waals surface area contributed by atoms with Crippen LogP contribution >= 0.6 is 0 Å². The minimum atomic E-state index is -2.68. The molecule has 0 saturated carbocycles. The highest BCUT2D eigenvalue weighted by Crippen LogP contribution is 2.04. The number of hydrogen-bond acceptors (Lipinski definition) is 5. The van der Waals surface area contributed by atoms with Crippen molar-refractivity contribution < 1.29 is 13.9 Å². The van der Waals surface area contributed by atoms with Crippen molar-refractivity contribution in [1.82, 2.24) is 15.2 Å². The number of nitrogens with zero attached hydrogens (tertiary/aromatic N) is 2. The average Bonchev–Trinajstić information content (AvgIpc) is 2.16. The molecule has 0 aliphatic heterocycles. The molecular weight excluding hydrogens is 226 g/mol. The van der Waals surface area contributed by atoms with Crippen molar-refractivity contribution in [2.24, 2.45) is 0 Å². The predicted octanol–water partition coefficient (Wildman–Crippen LogP) is -1.48. The third kappa shape index (κ3) is 3.12. The molecular formula is C7H10F2N4O3. The largest absolute Gasteiger partial charge is 0.395 e. The minimum Gasteiger partial charge on any atom is -0.395 e. The van der Waals surface area contributed by atoms with Gasteiger partial charge in [-0.15, -0.1) is 5.10 Å². The molecule has 0 saturated heterocycles. The van der Waals surface area contributed by atoms with E-state index in [1.165, 1.54) is 0 Å². The Kier molecular flexibility index (Phi) is 4.11. The molecule has 1 aromatic rings. The van der Waals surface area contributed by atoms with Crippen molar-refractivity contribution in [3.8, 4) is 0 Å². The zero-order valence-corrected chi connectivity index (χ0v) is 8.11. The number of rotatable bonds is 5. The molecule has 1 heterocycles. The number of anilines is 1. The number of hydrogen-bond donors (Lipinski definition) is 3. The highest BCUT2D eigenvalue weighted by molar-refractivity contribution is 5.33. The van der Waals surface area contributed by atoms with E-state index in [-0.39, 0.29) is 12.4 Å². The molecule has 1 aromatic heterocycles. The summed E-state index contributed by atoms with van der Waals surface area (Å²) >= 11 is 0. The number of aliphatic hydroxyl groups excluding tert-OH is 1. The highest BCUT2D eigenvalue weighted by Gasteiger charge is 2.16. The highest BCUT2D eigenvalue weighted by atomic mass is 19.3. The molecule has 7 nitrogen and oxygen atoms in total. The molecule has 0 bridgehead atoms. The minimum absolute atomic E-state index is 0.174. The van der Waals surface area contributed by atoms with Crippen LogP contribution in [0.3, 0.4) is 0 Å². The van der Waals surface area contributed by atoms with Crippen LogP contribution in [-0.2, 0) is 0 Å². The van der Waals surface area contributed by atoms with Crippen LogP contribution in [0, 0.1) is 0 Å². The first-order valence-electron chi connectivity index (χ1n) is 4.37. The van der Waals surface area contributed by atoms with Gasteiger partial charge in [0.15, 0.2) is 0 Å². The Bertz CT molecular complexity index is 444. The van der Waals surface area contributed by atoms with Crippen LogP contribution < -0.4 is 16.1 Å². The van der Waals surface area contributed by atoms with E-state index in [0.29, 0.717) is 0 Å². The Morgan fingerprint density at radius 2 is 2.12 bits per heavy atom. The maximum Gasteiger partial charge on any atom is 0.342 e. The van der Waals surface area contributed by atoms with E-state index in [0.717, 1.165) is 4.90 Å². The first-order valence-corrected chi connectivity index (χ1v) is 4.37. The smallest absolute Gasteiger partial charge is 0.342 e. The molecule has 0 fully saturated rings. The van der Waals surface area contributed by atoms with Crippen LogP contribution in [0.2, 0.25) is 0 Å². The number of H-pyrrole nitrogens is 2. The SMILES string of the molecule is O=c1[nH]nc(N(CCO)CC(F)F)c(=O)[nH]1. The predicted molar refractivity (Wildman–Crippen MR) is 50.8 cm³/mol. The second-order valence-electron chi connectivity index (χ2n) is 2.89. The Hall–Kier alpha value is -1.77. The molecule has 0 radical (unpaired) electrons. The summed E-state index contributed by atoms with van der Waals surface area (Å²) < 4.78 is 24.3. The Morgan fingerprint density at radius 3 is 2.62 bits per heavy atom. The van der Waals surface area contributed by atoms with Gasteiger partial charge in [0.1, 0.15) is 0 Å². The number of aromatic nitrogens is 3. The molecule has 0 atom stereocenters. The van der Waals surface area contributed by atoms with Gasteiger partial charge >= 0.3 is 5.69 Å². The topological polar surface area (TPSA) is 102 Å². The Labute approximate surface area is 87.7 Å². The number of aromatic amines is 2. The summed E-state index contributed by atoms with van der Waals surface area (Å²) in [7, 11) is 0. The van der Waals surface area contributed by atoms with Gasteiger partial charge < -0.3 is 10.0 Å². The van der Waals surface area contributed by atoms with Crippen molar-refractivity contribution in [2.75, 3.05) is 24.6 Å². The van der Waals surface area contributed by atoms with Crippen molar-refractivity contribution in [3.05, 3.63) is 20.8 Å². The van der Waals surface area contributed by atoms with Crippen molar-refractivity contribution in [3.63, 3.8) is 0 Å². The van der Waals surface area contributed by atoms with E-state index in [9.17, 15) is 18.4 Å². The molecule has 0 unspecified atom stereocenters. The summed E-state index contributed by atoms with van der Waals surface area (Å²) in [5.41, 5.74) is -1.70. The fraction of sp³-hybridized carbons (Fsp3) is 0.571. The molecule has 3 N–H and O–H groups in total. The van der Waals surface area contributed by atoms with Gasteiger partial charge in [0.25, 0.3) is 12.0 Å². The maximum atomic E-state index is 12.2. The van der Waals surface area contributed by atoms with Gasteiger partial charge in [-0.2, -0.15) is 0 Å². The van der Waals surface area contributed by atoms with E-state index in [2.05, 4.69) is 5.10 Å². The van der Waals surface area contributed by atoms with Crippen molar-refractivity contribution >= 4 is 5.82 Å². The molecule has 90 valence electrons. The normalized spacial score (nSPS) is 10.8. The second-order valence-corrected chi connectivity index (χ2v) is 2.89. The Balaban J connectivity index is 3.00. The maximum absolute atomic E-state index is 12.2. The summed E-state index contributed by atoms with van der Waals surface area (Å²) in [4.78, 5) is 24.6. The fourth-order valence-electron chi connectivity index (χ4n) is 1.13. The van der Waals surface area contributed by atoms with Gasteiger partial charge in [0.05, 0.1) is 13.2 Å². The molecule has 0 aliphatic carbocycles. The molecule has 0 aliphatic rings. The monoisotopic (exact) mass is 236 g/mol. The van der Waals surface area contributed by atoms with Gasteiger partial charge in [0.2, 0.25) is 5.82 Å². The van der Waals surface area contributed by atoms with Gasteiger partial charge in [-0.1, -0.05) is 0 Å².